The molecular formula is C19H15N3O2S. The SMILES string of the molecule is Cc1nc(-c2ccccc2Cn2cnc3ccccc32)sc1C(=O)O. The number of benzene rings is 2. The van der Waals surface area contributed by atoms with Crippen LogP contribution < -0.4 is 0 Å². The normalized spacial score (nSPS) is 11.1. The number of para-hydroxylation sites is 2. The van der Waals surface area contributed by atoms with E-state index in [0.29, 0.717) is 12.2 Å². The summed E-state index contributed by atoms with van der Waals surface area (Å²) in [4.78, 5) is 20.5. The summed E-state index contributed by atoms with van der Waals surface area (Å²) in [6, 6.07) is 16.0. The van der Waals surface area contributed by atoms with E-state index in [1.54, 1.807) is 6.92 Å². The predicted molar refractivity (Wildman–Crippen MR) is 98.1 cm³/mol. The lowest BCUT2D eigenvalue weighted by Crippen LogP contribution is -1.99. The van der Waals surface area contributed by atoms with Crippen molar-refractivity contribution in [3.8, 4) is 10.6 Å². The number of imidazole rings is 1. The van der Waals surface area contributed by atoms with Crippen LogP contribution in [-0.2, 0) is 6.54 Å². The Labute approximate surface area is 148 Å². The van der Waals surface area contributed by atoms with Crippen molar-refractivity contribution < 1.29 is 9.90 Å². The van der Waals surface area contributed by atoms with Crippen LogP contribution in [0.25, 0.3) is 21.6 Å². The fraction of sp³-hybridized carbons (Fsp3) is 0.105. The lowest BCUT2D eigenvalue weighted by atomic mass is 10.1. The Morgan fingerprint density at radius 1 is 1.16 bits per heavy atom. The number of aromatic nitrogens is 3. The zero-order valence-electron chi connectivity index (χ0n) is 13.5. The number of rotatable bonds is 4. The highest BCUT2D eigenvalue weighted by atomic mass is 32.1. The molecule has 0 atom stereocenters. The van der Waals surface area contributed by atoms with E-state index in [1.807, 2.05) is 54.9 Å². The van der Waals surface area contributed by atoms with Crippen molar-refractivity contribution in [3.05, 3.63) is 71.0 Å². The van der Waals surface area contributed by atoms with Gasteiger partial charge >= 0.3 is 5.97 Å². The molecule has 0 saturated carbocycles. The summed E-state index contributed by atoms with van der Waals surface area (Å²) < 4.78 is 2.09. The van der Waals surface area contributed by atoms with Gasteiger partial charge in [0.15, 0.2) is 0 Å². The fourth-order valence-corrected chi connectivity index (χ4v) is 3.86. The van der Waals surface area contributed by atoms with Crippen molar-refractivity contribution in [2.24, 2.45) is 0 Å². The maximum atomic E-state index is 11.3. The van der Waals surface area contributed by atoms with Crippen LogP contribution in [0.2, 0.25) is 0 Å². The van der Waals surface area contributed by atoms with E-state index >= 15 is 0 Å². The second-order valence-electron chi connectivity index (χ2n) is 5.76. The van der Waals surface area contributed by atoms with Crippen LogP contribution >= 0.6 is 11.3 Å². The molecule has 0 aliphatic heterocycles. The third kappa shape index (κ3) is 2.81. The molecule has 0 saturated heterocycles. The van der Waals surface area contributed by atoms with Gasteiger partial charge < -0.3 is 9.67 Å². The Morgan fingerprint density at radius 2 is 1.92 bits per heavy atom. The Hall–Kier alpha value is -2.99. The lowest BCUT2D eigenvalue weighted by molar-refractivity contribution is 0.0701. The van der Waals surface area contributed by atoms with Crippen molar-refractivity contribution in [1.82, 2.24) is 14.5 Å². The second kappa shape index (κ2) is 6.14. The van der Waals surface area contributed by atoms with Crippen molar-refractivity contribution >= 4 is 28.3 Å². The predicted octanol–water partition coefficient (Wildman–Crippen LogP) is 4.21. The molecule has 0 bridgehead atoms. The van der Waals surface area contributed by atoms with Crippen LogP contribution in [0.1, 0.15) is 20.9 Å². The standard InChI is InChI=1S/C19H15N3O2S/c1-12-17(19(23)24)25-18(21-12)14-7-3-2-6-13(14)10-22-11-20-15-8-4-5-9-16(15)22/h2-9,11H,10H2,1H3,(H,23,24). The van der Waals surface area contributed by atoms with Crippen molar-refractivity contribution in [2.45, 2.75) is 13.5 Å². The highest BCUT2D eigenvalue weighted by Crippen LogP contribution is 2.31. The number of fused-ring (bicyclic) bond motifs is 1. The summed E-state index contributed by atoms with van der Waals surface area (Å²) in [5.41, 5.74) is 4.62. The average molecular weight is 349 g/mol. The highest BCUT2D eigenvalue weighted by molar-refractivity contribution is 7.17. The molecule has 0 aliphatic rings. The van der Waals surface area contributed by atoms with Crippen LogP contribution in [0.3, 0.4) is 0 Å². The fourth-order valence-electron chi connectivity index (χ4n) is 2.90. The van der Waals surface area contributed by atoms with Crippen LogP contribution in [0.15, 0.2) is 54.9 Å². The van der Waals surface area contributed by atoms with Crippen LogP contribution in [0.5, 0.6) is 0 Å². The van der Waals surface area contributed by atoms with Gasteiger partial charge in [-0.1, -0.05) is 36.4 Å². The van der Waals surface area contributed by atoms with Gasteiger partial charge in [0.1, 0.15) is 9.88 Å². The second-order valence-corrected chi connectivity index (χ2v) is 6.76. The summed E-state index contributed by atoms with van der Waals surface area (Å²) in [5, 5.41) is 10.0. The number of aryl methyl sites for hydroxylation is 1. The first-order valence-corrected chi connectivity index (χ1v) is 8.64. The lowest BCUT2D eigenvalue weighted by Gasteiger charge is -2.09. The highest BCUT2D eigenvalue weighted by Gasteiger charge is 2.17. The molecule has 0 fully saturated rings. The third-order valence-electron chi connectivity index (χ3n) is 4.11. The molecule has 0 spiro atoms. The van der Waals surface area contributed by atoms with Gasteiger partial charge in [-0.05, 0) is 24.6 Å². The molecule has 0 radical (unpaired) electrons. The summed E-state index contributed by atoms with van der Waals surface area (Å²) in [5.74, 6) is -0.931. The number of carboxylic acid groups (broad SMARTS) is 1. The molecule has 6 heteroatoms. The molecule has 2 aromatic carbocycles. The van der Waals surface area contributed by atoms with E-state index in [0.717, 1.165) is 27.2 Å². The number of nitrogens with zero attached hydrogens (tertiary/aromatic N) is 3. The Balaban J connectivity index is 1.77. The summed E-state index contributed by atoms with van der Waals surface area (Å²) >= 11 is 1.22. The first kappa shape index (κ1) is 15.5. The quantitative estimate of drug-likeness (QED) is 0.599. The Morgan fingerprint density at radius 3 is 2.72 bits per heavy atom. The minimum absolute atomic E-state index is 0.290. The first-order chi connectivity index (χ1) is 12.1. The largest absolute Gasteiger partial charge is 0.477 e. The van der Waals surface area contributed by atoms with E-state index in [-0.39, 0.29) is 4.88 Å². The van der Waals surface area contributed by atoms with Crippen LogP contribution in [-0.4, -0.2) is 25.6 Å². The number of carboxylic acids is 1. The van der Waals surface area contributed by atoms with Gasteiger partial charge in [-0.3, -0.25) is 0 Å². The third-order valence-corrected chi connectivity index (χ3v) is 5.29. The molecule has 0 unspecified atom stereocenters. The van der Waals surface area contributed by atoms with Gasteiger partial charge in [-0.15, -0.1) is 11.3 Å². The smallest absolute Gasteiger partial charge is 0.347 e. The zero-order valence-corrected chi connectivity index (χ0v) is 14.3. The maximum absolute atomic E-state index is 11.3. The van der Waals surface area contributed by atoms with Gasteiger partial charge in [-0.25, -0.2) is 14.8 Å². The molecule has 4 rings (SSSR count). The Bertz CT molecular complexity index is 1080. The molecule has 0 amide bonds. The van der Waals surface area contributed by atoms with Crippen molar-refractivity contribution in [1.29, 1.82) is 0 Å². The summed E-state index contributed by atoms with van der Waals surface area (Å²) in [7, 11) is 0. The Kier molecular flexibility index (Phi) is 3.82. The van der Waals surface area contributed by atoms with E-state index < -0.39 is 5.97 Å². The number of carbonyl (C=O) groups is 1. The van der Waals surface area contributed by atoms with Gasteiger partial charge in [0.05, 0.1) is 23.1 Å². The van der Waals surface area contributed by atoms with E-state index in [2.05, 4.69) is 14.5 Å². The van der Waals surface area contributed by atoms with Gasteiger partial charge in [0.2, 0.25) is 0 Å². The summed E-state index contributed by atoms with van der Waals surface area (Å²) in [6.45, 7) is 2.38. The van der Waals surface area contributed by atoms with Gasteiger partial charge in [-0.2, -0.15) is 0 Å². The van der Waals surface area contributed by atoms with Crippen molar-refractivity contribution in [2.75, 3.05) is 0 Å². The molecule has 25 heavy (non-hydrogen) atoms. The van der Waals surface area contributed by atoms with Gasteiger partial charge in [0.25, 0.3) is 0 Å². The zero-order chi connectivity index (χ0) is 17.4. The topological polar surface area (TPSA) is 68.0 Å². The molecule has 4 aromatic rings. The van der Waals surface area contributed by atoms with E-state index in [9.17, 15) is 9.90 Å². The molecule has 0 aliphatic carbocycles. The number of aromatic carboxylic acids is 1. The summed E-state index contributed by atoms with van der Waals surface area (Å²) in [6.07, 6.45) is 1.83. The average Bonchev–Trinajstić information content (AvgIpc) is 3.20. The molecule has 2 aromatic heterocycles. The number of hydrogen-bond acceptors (Lipinski definition) is 4. The van der Waals surface area contributed by atoms with Gasteiger partial charge in [0, 0.05) is 12.1 Å². The molecule has 1 N–H and O–H groups in total. The monoisotopic (exact) mass is 349 g/mol. The van der Waals surface area contributed by atoms with Crippen molar-refractivity contribution in [3.63, 3.8) is 0 Å². The maximum Gasteiger partial charge on any atom is 0.347 e. The molecule has 124 valence electrons. The van der Waals surface area contributed by atoms with E-state index in [1.165, 1.54) is 11.3 Å². The minimum Gasteiger partial charge on any atom is -0.477 e. The van der Waals surface area contributed by atoms with Crippen LogP contribution in [0, 0.1) is 6.92 Å². The van der Waals surface area contributed by atoms with Crippen LogP contribution in [0.4, 0.5) is 0 Å². The number of thiazole rings is 1. The molecular weight excluding hydrogens is 334 g/mol. The number of hydrogen-bond donors (Lipinski definition) is 1. The van der Waals surface area contributed by atoms with E-state index in [4.69, 9.17) is 0 Å². The molecule has 5 nitrogen and oxygen atoms in total. The first-order valence-electron chi connectivity index (χ1n) is 7.82. The minimum atomic E-state index is -0.931. The molecule has 2 heterocycles.